The third kappa shape index (κ3) is 4.68. The number of fused-ring (bicyclic) bond motifs is 1. The van der Waals surface area contributed by atoms with Gasteiger partial charge in [0.05, 0.1) is 17.7 Å². The van der Waals surface area contributed by atoms with E-state index in [1.165, 1.54) is 5.56 Å². The quantitative estimate of drug-likeness (QED) is 0.717. The Morgan fingerprint density at radius 2 is 1.71 bits per heavy atom. The van der Waals surface area contributed by atoms with Crippen molar-refractivity contribution >= 4 is 34.1 Å². The van der Waals surface area contributed by atoms with Crippen LogP contribution in [0.3, 0.4) is 0 Å². The topological polar surface area (TPSA) is 48.5 Å². The Morgan fingerprint density at radius 3 is 2.50 bits per heavy atom. The van der Waals surface area contributed by atoms with Crippen LogP contribution in [0.1, 0.15) is 5.56 Å². The Labute approximate surface area is 169 Å². The van der Waals surface area contributed by atoms with Gasteiger partial charge in [0.1, 0.15) is 0 Å². The minimum absolute atomic E-state index is 0.0162. The highest BCUT2D eigenvalue weighted by Crippen LogP contribution is 2.21. The zero-order chi connectivity index (χ0) is 19.3. The van der Waals surface area contributed by atoms with Crippen molar-refractivity contribution in [2.75, 3.05) is 38.0 Å². The van der Waals surface area contributed by atoms with E-state index in [1.54, 1.807) is 6.20 Å². The lowest BCUT2D eigenvalue weighted by Gasteiger charge is -2.34. The van der Waals surface area contributed by atoms with E-state index in [1.807, 2.05) is 42.5 Å². The lowest BCUT2D eigenvalue weighted by molar-refractivity contribution is -0.117. The highest BCUT2D eigenvalue weighted by molar-refractivity contribution is 6.30. The normalized spacial score (nSPS) is 15.6. The zero-order valence-corrected chi connectivity index (χ0v) is 16.4. The van der Waals surface area contributed by atoms with E-state index in [9.17, 15) is 4.79 Å². The summed E-state index contributed by atoms with van der Waals surface area (Å²) in [6, 6.07) is 17.7. The number of anilines is 1. The first-order chi connectivity index (χ1) is 13.7. The summed E-state index contributed by atoms with van der Waals surface area (Å²) in [6.07, 6.45) is 1.76. The molecule has 4 rings (SSSR count). The molecule has 144 valence electrons. The van der Waals surface area contributed by atoms with Crippen molar-refractivity contribution in [2.24, 2.45) is 0 Å². The smallest absolute Gasteiger partial charge is 0.238 e. The van der Waals surface area contributed by atoms with Crippen LogP contribution in [0.2, 0.25) is 5.02 Å². The molecule has 5 nitrogen and oxygen atoms in total. The number of carbonyl (C=O) groups is 1. The number of nitrogens with zero attached hydrogens (tertiary/aromatic N) is 3. The highest BCUT2D eigenvalue weighted by Gasteiger charge is 2.19. The number of aromatic nitrogens is 1. The minimum Gasteiger partial charge on any atom is -0.324 e. The van der Waals surface area contributed by atoms with E-state index in [0.717, 1.165) is 54.3 Å². The van der Waals surface area contributed by atoms with Crippen molar-refractivity contribution in [2.45, 2.75) is 6.54 Å². The number of piperazine rings is 1. The number of carbonyl (C=O) groups excluding carboxylic acids is 1. The number of hydrogen-bond acceptors (Lipinski definition) is 4. The third-order valence-electron chi connectivity index (χ3n) is 5.07. The van der Waals surface area contributed by atoms with Gasteiger partial charge in [-0.15, -0.1) is 0 Å². The maximum atomic E-state index is 12.5. The summed E-state index contributed by atoms with van der Waals surface area (Å²) in [5.74, 6) is 0.0162. The minimum atomic E-state index is 0.0162. The number of hydrogen-bond donors (Lipinski definition) is 1. The predicted molar refractivity (Wildman–Crippen MR) is 114 cm³/mol. The number of pyridine rings is 1. The van der Waals surface area contributed by atoms with E-state index >= 15 is 0 Å². The second-order valence-corrected chi connectivity index (χ2v) is 7.54. The van der Waals surface area contributed by atoms with Crippen molar-refractivity contribution in [3.8, 4) is 0 Å². The maximum absolute atomic E-state index is 12.5. The summed E-state index contributed by atoms with van der Waals surface area (Å²) in [6.45, 7) is 5.00. The highest BCUT2D eigenvalue weighted by atomic mass is 35.5. The molecule has 0 atom stereocenters. The van der Waals surface area contributed by atoms with Crippen LogP contribution in [0.4, 0.5) is 5.69 Å². The van der Waals surface area contributed by atoms with Crippen molar-refractivity contribution in [1.29, 1.82) is 0 Å². The number of halogens is 1. The van der Waals surface area contributed by atoms with Crippen LogP contribution in [-0.2, 0) is 11.3 Å². The van der Waals surface area contributed by atoms with Crippen LogP contribution >= 0.6 is 11.6 Å². The molecule has 0 bridgehead atoms. The molecule has 28 heavy (non-hydrogen) atoms. The van der Waals surface area contributed by atoms with Crippen molar-refractivity contribution in [1.82, 2.24) is 14.8 Å². The van der Waals surface area contributed by atoms with Gasteiger partial charge < -0.3 is 5.32 Å². The third-order valence-corrected chi connectivity index (χ3v) is 5.32. The Balaban J connectivity index is 1.28. The fraction of sp³-hybridized carbons (Fsp3) is 0.273. The first kappa shape index (κ1) is 18.9. The maximum Gasteiger partial charge on any atom is 0.238 e. The Kier molecular flexibility index (Phi) is 5.86. The van der Waals surface area contributed by atoms with Crippen LogP contribution in [-0.4, -0.2) is 53.4 Å². The lowest BCUT2D eigenvalue weighted by atomic mass is 10.2. The largest absolute Gasteiger partial charge is 0.324 e. The molecule has 2 heterocycles. The fourth-order valence-corrected chi connectivity index (χ4v) is 3.68. The molecular weight excluding hydrogens is 372 g/mol. The Hall–Kier alpha value is -2.47. The molecule has 0 spiro atoms. The lowest BCUT2D eigenvalue weighted by Crippen LogP contribution is -2.48. The summed E-state index contributed by atoms with van der Waals surface area (Å²) in [5, 5.41) is 4.77. The summed E-state index contributed by atoms with van der Waals surface area (Å²) in [7, 11) is 0. The average Bonchev–Trinajstić information content (AvgIpc) is 2.71. The SMILES string of the molecule is O=C(CN1CCN(Cc2ccc(Cl)cc2)CC1)Nc1cccc2ncccc12. The van der Waals surface area contributed by atoms with Crippen LogP contribution in [0.15, 0.2) is 60.8 Å². The molecule has 0 unspecified atom stereocenters. The molecule has 0 aliphatic carbocycles. The van der Waals surface area contributed by atoms with E-state index < -0.39 is 0 Å². The van der Waals surface area contributed by atoms with Gasteiger partial charge >= 0.3 is 0 Å². The number of amides is 1. The second-order valence-electron chi connectivity index (χ2n) is 7.10. The molecule has 1 aromatic heterocycles. The molecule has 1 aliphatic rings. The standard InChI is InChI=1S/C22H23ClN4O/c23-18-8-6-17(7-9-18)15-26-11-13-27(14-12-26)16-22(28)25-21-5-1-4-20-19(21)3-2-10-24-20/h1-10H,11-16H2,(H,25,28). The monoisotopic (exact) mass is 394 g/mol. The van der Waals surface area contributed by atoms with Gasteiger partial charge in [0.2, 0.25) is 5.91 Å². The zero-order valence-electron chi connectivity index (χ0n) is 15.6. The molecule has 1 saturated heterocycles. The summed E-state index contributed by atoms with van der Waals surface area (Å²) >= 11 is 5.95. The van der Waals surface area contributed by atoms with Crippen molar-refractivity contribution in [3.63, 3.8) is 0 Å². The summed E-state index contributed by atoms with van der Waals surface area (Å²) < 4.78 is 0. The van der Waals surface area contributed by atoms with E-state index in [-0.39, 0.29) is 5.91 Å². The second kappa shape index (κ2) is 8.69. The van der Waals surface area contributed by atoms with Crippen molar-refractivity contribution < 1.29 is 4.79 Å². The Morgan fingerprint density at radius 1 is 0.964 bits per heavy atom. The molecule has 1 N–H and O–H groups in total. The average molecular weight is 395 g/mol. The van der Waals surface area contributed by atoms with E-state index in [4.69, 9.17) is 11.6 Å². The van der Waals surface area contributed by atoms with Crippen LogP contribution in [0.5, 0.6) is 0 Å². The van der Waals surface area contributed by atoms with Gasteiger partial charge in [-0.1, -0.05) is 29.8 Å². The van der Waals surface area contributed by atoms with Gasteiger partial charge in [-0.05, 0) is 42.0 Å². The van der Waals surface area contributed by atoms with E-state index in [2.05, 4.69) is 32.2 Å². The number of nitrogens with one attached hydrogen (secondary N) is 1. The van der Waals surface area contributed by atoms with Gasteiger partial charge in [-0.3, -0.25) is 19.6 Å². The molecule has 6 heteroatoms. The molecule has 1 fully saturated rings. The molecule has 0 radical (unpaired) electrons. The molecule has 0 saturated carbocycles. The number of rotatable bonds is 5. The molecule has 1 amide bonds. The first-order valence-corrected chi connectivity index (χ1v) is 9.88. The Bertz CT molecular complexity index is 947. The summed E-state index contributed by atoms with van der Waals surface area (Å²) in [5.41, 5.74) is 2.97. The van der Waals surface area contributed by atoms with Gasteiger partial charge in [0.15, 0.2) is 0 Å². The van der Waals surface area contributed by atoms with Gasteiger partial charge in [-0.25, -0.2) is 0 Å². The fourth-order valence-electron chi connectivity index (χ4n) is 3.56. The van der Waals surface area contributed by atoms with Gasteiger partial charge in [0.25, 0.3) is 0 Å². The van der Waals surface area contributed by atoms with Crippen LogP contribution in [0.25, 0.3) is 10.9 Å². The molecule has 1 aliphatic heterocycles. The first-order valence-electron chi connectivity index (χ1n) is 9.50. The van der Waals surface area contributed by atoms with Crippen LogP contribution in [0, 0.1) is 0 Å². The van der Waals surface area contributed by atoms with E-state index in [0.29, 0.717) is 6.54 Å². The molecule has 3 aromatic rings. The van der Waals surface area contributed by atoms with Crippen molar-refractivity contribution in [3.05, 3.63) is 71.4 Å². The molecule has 2 aromatic carbocycles. The number of benzene rings is 2. The van der Waals surface area contributed by atoms with Gasteiger partial charge in [-0.2, -0.15) is 0 Å². The summed E-state index contributed by atoms with van der Waals surface area (Å²) in [4.78, 5) is 21.5. The van der Waals surface area contributed by atoms with Gasteiger partial charge in [0, 0.05) is 49.3 Å². The predicted octanol–water partition coefficient (Wildman–Crippen LogP) is 3.64. The van der Waals surface area contributed by atoms with Crippen LogP contribution < -0.4 is 5.32 Å². The molecular formula is C22H23ClN4O.